The number of esters is 1. The minimum Gasteiger partial charge on any atom is -0.493 e. The van der Waals surface area contributed by atoms with Gasteiger partial charge in [-0.3, -0.25) is 9.59 Å². The van der Waals surface area contributed by atoms with Crippen LogP contribution in [0.25, 0.3) is 0 Å². The summed E-state index contributed by atoms with van der Waals surface area (Å²) in [6, 6.07) is 14.8. The van der Waals surface area contributed by atoms with E-state index in [2.05, 4.69) is 0 Å². The number of benzene rings is 2. The zero-order valence-corrected chi connectivity index (χ0v) is 18.5. The van der Waals surface area contributed by atoms with Crippen molar-refractivity contribution in [3.8, 4) is 11.5 Å². The minimum absolute atomic E-state index is 0.0434. The van der Waals surface area contributed by atoms with E-state index in [4.69, 9.17) is 14.2 Å². The third kappa shape index (κ3) is 9.38. The van der Waals surface area contributed by atoms with Crippen LogP contribution in [0.4, 0.5) is 0 Å². The van der Waals surface area contributed by atoms with Gasteiger partial charge in [-0.05, 0) is 55.3 Å². The Hall–Kier alpha value is -3.28. The number of ether oxygens (including phenoxy) is 3. The highest BCUT2D eigenvalue weighted by molar-refractivity contribution is 6.04. The Morgan fingerprint density at radius 1 is 0.968 bits per heavy atom. The summed E-state index contributed by atoms with van der Waals surface area (Å²) in [6.07, 6.45) is 4.98. The van der Waals surface area contributed by atoms with Crippen LogP contribution in [0, 0.1) is 0 Å². The van der Waals surface area contributed by atoms with Crippen molar-refractivity contribution in [3.05, 3.63) is 71.9 Å². The van der Waals surface area contributed by atoms with Crippen molar-refractivity contribution in [3.63, 3.8) is 0 Å². The molecule has 0 aliphatic rings. The summed E-state index contributed by atoms with van der Waals surface area (Å²) in [5, 5.41) is 0. The van der Waals surface area contributed by atoms with Crippen molar-refractivity contribution in [1.82, 2.24) is 4.90 Å². The van der Waals surface area contributed by atoms with E-state index >= 15 is 0 Å². The molecule has 0 unspecified atom stereocenters. The first-order valence-electron chi connectivity index (χ1n) is 10.5. The van der Waals surface area contributed by atoms with E-state index in [1.165, 1.54) is 0 Å². The fourth-order valence-electron chi connectivity index (χ4n) is 2.74. The zero-order chi connectivity index (χ0) is 22.5. The van der Waals surface area contributed by atoms with Gasteiger partial charge in [-0.2, -0.15) is 0 Å². The monoisotopic (exact) mass is 425 g/mol. The molecule has 6 nitrogen and oxygen atoms in total. The third-order valence-electron chi connectivity index (χ3n) is 4.31. The number of carbonyl (C=O) groups excluding carboxylic acids is 2. The maximum absolute atomic E-state index is 12.0. The lowest BCUT2D eigenvalue weighted by molar-refractivity contribution is -0.143. The van der Waals surface area contributed by atoms with Gasteiger partial charge in [0.25, 0.3) is 0 Å². The molecule has 31 heavy (non-hydrogen) atoms. The van der Waals surface area contributed by atoms with Crippen LogP contribution in [0.1, 0.15) is 35.7 Å². The first-order valence-corrected chi connectivity index (χ1v) is 10.5. The Morgan fingerprint density at radius 3 is 2.35 bits per heavy atom. The fraction of sp³-hybridized carbons (Fsp3) is 0.360. The first kappa shape index (κ1) is 24.0. The normalized spacial score (nSPS) is 10.7. The predicted octanol–water partition coefficient (Wildman–Crippen LogP) is 4.29. The molecule has 0 heterocycles. The molecule has 0 N–H and O–H groups in total. The van der Waals surface area contributed by atoms with Crippen molar-refractivity contribution < 1.29 is 23.8 Å². The molecule has 2 rings (SSSR count). The van der Waals surface area contributed by atoms with Crippen LogP contribution >= 0.6 is 0 Å². The molecular formula is C25H31NO5. The number of allylic oxidation sites excluding steroid dienone is 1. The molecule has 0 bridgehead atoms. The smallest absolute Gasteiger partial charge is 0.306 e. The average molecular weight is 426 g/mol. The summed E-state index contributed by atoms with van der Waals surface area (Å²) in [4.78, 5) is 25.3. The fourth-order valence-corrected chi connectivity index (χ4v) is 2.74. The number of hydrogen-bond acceptors (Lipinski definition) is 6. The van der Waals surface area contributed by atoms with Crippen LogP contribution in [0.2, 0.25) is 0 Å². The second-order valence-corrected chi connectivity index (χ2v) is 7.17. The van der Waals surface area contributed by atoms with E-state index in [1.807, 2.05) is 43.3 Å². The lowest BCUT2D eigenvalue weighted by atomic mass is 10.1. The third-order valence-corrected chi connectivity index (χ3v) is 4.31. The molecule has 0 saturated carbocycles. The molecule has 2 aromatic rings. The first-order chi connectivity index (χ1) is 15.0. The van der Waals surface area contributed by atoms with Crippen LogP contribution in [-0.4, -0.2) is 50.6 Å². The second-order valence-electron chi connectivity index (χ2n) is 7.17. The Balaban J connectivity index is 1.69. The highest BCUT2D eigenvalue weighted by atomic mass is 16.5. The maximum atomic E-state index is 12.0. The Morgan fingerprint density at radius 2 is 1.68 bits per heavy atom. The zero-order valence-electron chi connectivity index (χ0n) is 18.5. The molecule has 0 aliphatic heterocycles. The minimum atomic E-state index is -0.187. The van der Waals surface area contributed by atoms with E-state index in [1.54, 1.807) is 43.5 Å². The van der Waals surface area contributed by atoms with Crippen LogP contribution in [0.5, 0.6) is 11.5 Å². The summed E-state index contributed by atoms with van der Waals surface area (Å²) in [5.41, 5.74) is 1.66. The van der Waals surface area contributed by atoms with E-state index in [-0.39, 0.29) is 11.8 Å². The van der Waals surface area contributed by atoms with Gasteiger partial charge in [0.15, 0.2) is 5.78 Å². The molecule has 0 atom stereocenters. The van der Waals surface area contributed by atoms with Gasteiger partial charge in [-0.15, -0.1) is 0 Å². The molecule has 0 aromatic heterocycles. The molecule has 0 aliphatic carbocycles. The molecule has 0 saturated heterocycles. The van der Waals surface area contributed by atoms with Crippen LogP contribution < -0.4 is 9.47 Å². The van der Waals surface area contributed by atoms with Gasteiger partial charge in [0.05, 0.1) is 19.8 Å². The van der Waals surface area contributed by atoms with Crippen molar-refractivity contribution in [2.75, 3.05) is 33.9 Å². The van der Waals surface area contributed by atoms with Crippen molar-refractivity contribution in [2.45, 2.75) is 26.2 Å². The second kappa shape index (κ2) is 13.1. The molecule has 6 heteroatoms. The quantitative estimate of drug-likeness (QED) is 0.206. The number of hydrogen-bond donors (Lipinski definition) is 0. The van der Waals surface area contributed by atoms with Gasteiger partial charge in [0, 0.05) is 44.8 Å². The summed E-state index contributed by atoms with van der Waals surface area (Å²) < 4.78 is 16.5. The highest BCUT2D eigenvalue weighted by Gasteiger charge is 2.05. The van der Waals surface area contributed by atoms with Gasteiger partial charge >= 0.3 is 5.97 Å². The Kier molecular flexibility index (Phi) is 10.1. The predicted molar refractivity (Wildman–Crippen MR) is 121 cm³/mol. The molecular weight excluding hydrogens is 394 g/mol. The number of carbonyl (C=O) groups is 2. The number of rotatable bonds is 13. The van der Waals surface area contributed by atoms with Crippen molar-refractivity contribution >= 4 is 11.8 Å². The maximum Gasteiger partial charge on any atom is 0.306 e. The van der Waals surface area contributed by atoms with Crippen LogP contribution in [0.15, 0.2) is 60.8 Å². The van der Waals surface area contributed by atoms with E-state index in [0.29, 0.717) is 44.0 Å². The average Bonchev–Trinajstić information content (AvgIpc) is 2.77. The summed E-state index contributed by atoms with van der Waals surface area (Å²) in [5.74, 6) is 1.26. The SMILES string of the molecule is CCOC(=O)CCc1cccc(OCCCOc2ccc(C(=O)/C=C\N(C)C)cc2)c1. The summed E-state index contributed by atoms with van der Waals surface area (Å²) >= 11 is 0. The number of nitrogens with zero attached hydrogens (tertiary/aromatic N) is 1. The standard InChI is InChI=1S/C25H31NO5/c1-4-29-25(28)14-9-20-7-5-8-23(19-20)31-18-6-17-30-22-12-10-21(11-13-22)24(27)15-16-26(2)3/h5,7-8,10-13,15-16,19H,4,6,9,14,17-18H2,1-3H3/b16-15-. The Labute approximate surface area is 184 Å². The van der Waals surface area contributed by atoms with Gasteiger partial charge in [0.2, 0.25) is 0 Å². The largest absolute Gasteiger partial charge is 0.493 e. The highest BCUT2D eigenvalue weighted by Crippen LogP contribution is 2.16. The molecule has 0 spiro atoms. The van der Waals surface area contributed by atoms with E-state index < -0.39 is 0 Å². The molecule has 166 valence electrons. The van der Waals surface area contributed by atoms with Gasteiger partial charge in [-0.25, -0.2) is 0 Å². The van der Waals surface area contributed by atoms with E-state index in [9.17, 15) is 9.59 Å². The molecule has 0 amide bonds. The lowest BCUT2D eigenvalue weighted by Gasteiger charge is -2.10. The van der Waals surface area contributed by atoms with Gasteiger partial charge in [0.1, 0.15) is 11.5 Å². The molecule has 0 fully saturated rings. The Bertz CT molecular complexity index is 858. The van der Waals surface area contributed by atoms with Crippen molar-refractivity contribution in [2.24, 2.45) is 0 Å². The van der Waals surface area contributed by atoms with Crippen LogP contribution in [-0.2, 0) is 16.0 Å². The summed E-state index contributed by atoms with van der Waals surface area (Å²) in [7, 11) is 3.74. The number of aryl methyl sites for hydroxylation is 1. The van der Waals surface area contributed by atoms with E-state index in [0.717, 1.165) is 17.7 Å². The summed E-state index contributed by atoms with van der Waals surface area (Å²) in [6.45, 7) is 3.24. The van der Waals surface area contributed by atoms with Gasteiger partial charge < -0.3 is 19.1 Å². The van der Waals surface area contributed by atoms with Crippen molar-refractivity contribution in [1.29, 1.82) is 0 Å². The van der Waals surface area contributed by atoms with Crippen LogP contribution in [0.3, 0.4) is 0 Å². The topological polar surface area (TPSA) is 65.1 Å². The molecule has 2 aromatic carbocycles. The number of ketones is 1. The molecule has 0 radical (unpaired) electrons. The van der Waals surface area contributed by atoms with Gasteiger partial charge in [-0.1, -0.05) is 12.1 Å². The lowest BCUT2D eigenvalue weighted by Crippen LogP contribution is -2.06.